The van der Waals surface area contributed by atoms with E-state index in [2.05, 4.69) is 4.98 Å². The molecule has 15 heavy (non-hydrogen) atoms. The number of rotatable bonds is 2. The molecule has 0 aromatic carbocycles. The number of nitrogens with two attached hydrogens (primary N) is 1. The van der Waals surface area contributed by atoms with Crippen molar-refractivity contribution in [3.05, 3.63) is 35.8 Å². The zero-order valence-electron chi connectivity index (χ0n) is 8.21. The number of pyridine rings is 1. The molecule has 5 nitrogen and oxygen atoms in total. The predicted octanol–water partition coefficient (Wildman–Crippen LogP) is 0.727. The third kappa shape index (κ3) is 1.46. The van der Waals surface area contributed by atoms with Crippen molar-refractivity contribution >= 4 is 11.6 Å². The van der Waals surface area contributed by atoms with Crippen LogP contribution in [0.2, 0.25) is 0 Å². The van der Waals surface area contributed by atoms with Crippen LogP contribution < -0.4 is 5.73 Å². The number of imidazole rings is 1. The van der Waals surface area contributed by atoms with Crippen LogP contribution in [-0.2, 0) is 4.79 Å². The van der Waals surface area contributed by atoms with Crippen molar-refractivity contribution in [1.29, 1.82) is 0 Å². The molecular weight excluding hydrogens is 194 g/mol. The van der Waals surface area contributed by atoms with Crippen molar-refractivity contribution in [2.75, 3.05) is 0 Å². The minimum Gasteiger partial charge on any atom is -0.480 e. The Labute approximate surface area is 86.2 Å². The molecule has 0 aliphatic heterocycles. The van der Waals surface area contributed by atoms with Crippen molar-refractivity contribution < 1.29 is 9.90 Å². The maximum Gasteiger partial charge on any atom is 0.326 e. The molecule has 0 aliphatic carbocycles. The van der Waals surface area contributed by atoms with Crippen LogP contribution in [0.5, 0.6) is 0 Å². The third-order valence-electron chi connectivity index (χ3n) is 2.31. The molecule has 78 valence electrons. The fraction of sp³-hybridized carbons (Fsp3) is 0.200. The summed E-state index contributed by atoms with van der Waals surface area (Å²) in [6.45, 7) is 1.76. The Balaban J connectivity index is 2.68. The maximum atomic E-state index is 10.8. The van der Waals surface area contributed by atoms with E-state index in [0.717, 1.165) is 0 Å². The smallest absolute Gasteiger partial charge is 0.326 e. The molecule has 0 bridgehead atoms. The fourth-order valence-corrected chi connectivity index (χ4v) is 1.62. The molecule has 0 aliphatic rings. The lowest BCUT2D eigenvalue weighted by molar-refractivity contribution is -0.138. The maximum absolute atomic E-state index is 10.8. The van der Waals surface area contributed by atoms with Gasteiger partial charge in [-0.25, -0.2) is 4.98 Å². The second-order valence-corrected chi connectivity index (χ2v) is 3.33. The Kier molecular flexibility index (Phi) is 2.17. The highest BCUT2D eigenvalue weighted by Gasteiger charge is 2.21. The van der Waals surface area contributed by atoms with Gasteiger partial charge in [-0.2, -0.15) is 0 Å². The zero-order valence-corrected chi connectivity index (χ0v) is 8.21. The SMILES string of the molecule is Cc1nc2ccccn2c1C(N)C(=O)O. The molecule has 2 aromatic heterocycles. The number of hydrogen-bond acceptors (Lipinski definition) is 3. The molecule has 0 saturated heterocycles. The topological polar surface area (TPSA) is 80.6 Å². The van der Waals surface area contributed by atoms with Gasteiger partial charge in [0.15, 0.2) is 0 Å². The van der Waals surface area contributed by atoms with Crippen molar-refractivity contribution in [3.63, 3.8) is 0 Å². The summed E-state index contributed by atoms with van der Waals surface area (Å²) in [5.74, 6) is -1.05. The molecule has 0 spiro atoms. The number of aromatic nitrogens is 2. The van der Waals surface area contributed by atoms with E-state index >= 15 is 0 Å². The van der Waals surface area contributed by atoms with Gasteiger partial charge in [0, 0.05) is 6.20 Å². The minimum atomic E-state index is -1.05. The molecule has 3 N–H and O–H groups in total. The molecule has 0 saturated carbocycles. The first-order chi connectivity index (χ1) is 7.11. The van der Waals surface area contributed by atoms with Gasteiger partial charge in [-0.05, 0) is 19.1 Å². The van der Waals surface area contributed by atoms with Crippen LogP contribution in [0.4, 0.5) is 0 Å². The summed E-state index contributed by atoms with van der Waals surface area (Å²) < 4.78 is 1.70. The van der Waals surface area contributed by atoms with Crippen LogP contribution in [0, 0.1) is 6.92 Å². The zero-order chi connectivity index (χ0) is 11.0. The Morgan fingerprint density at radius 1 is 1.60 bits per heavy atom. The van der Waals surface area contributed by atoms with Gasteiger partial charge in [-0.15, -0.1) is 0 Å². The van der Waals surface area contributed by atoms with Crippen molar-refractivity contribution in [2.24, 2.45) is 5.73 Å². The highest BCUT2D eigenvalue weighted by atomic mass is 16.4. The summed E-state index contributed by atoms with van der Waals surface area (Å²) in [5, 5.41) is 8.87. The number of carboxylic acids is 1. The van der Waals surface area contributed by atoms with Crippen LogP contribution in [0.1, 0.15) is 17.4 Å². The Bertz CT molecular complexity index is 518. The van der Waals surface area contributed by atoms with E-state index in [9.17, 15) is 4.79 Å². The Morgan fingerprint density at radius 3 is 3.00 bits per heavy atom. The highest BCUT2D eigenvalue weighted by molar-refractivity contribution is 5.75. The average molecular weight is 205 g/mol. The number of fused-ring (bicyclic) bond motifs is 1. The summed E-state index contributed by atoms with van der Waals surface area (Å²) in [6.07, 6.45) is 1.76. The monoisotopic (exact) mass is 205 g/mol. The van der Waals surface area contributed by atoms with Crippen molar-refractivity contribution in [3.8, 4) is 0 Å². The number of aliphatic carboxylic acids is 1. The van der Waals surface area contributed by atoms with Gasteiger partial charge in [0.1, 0.15) is 11.7 Å². The molecule has 2 heterocycles. The molecule has 0 fully saturated rings. The quantitative estimate of drug-likeness (QED) is 0.757. The summed E-state index contributed by atoms with van der Waals surface area (Å²) in [5.41, 5.74) is 7.47. The summed E-state index contributed by atoms with van der Waals surface area (Å²) >= 11 is 0. The van der Waals surface area contributed by atoms with E-state index in [0.29, 0.717) is 17.0 Å². The molecule has 5 heteroatoms. The number of carbonyl (C=O) groups is 1. The van der Waals surface area contributed by atoms with Crippen LogP contribution in [0.15, 0.2) is 24.4 Å². The van der Waals surface area contributed by atoms with Gasteiger partial charge in [0.05, 0.1) is 11.4 Å². The molecular formula is C10H11N3O2. The first-order valence-electron chi connectivity index (χ1n) is 4.53. The number of aryl methyl sites for hydroxylation is 1. The van der Waals surface area contributed by atoms with Crippen LogP contribution in [0.25, 0.3) is 5.65 Å². The molecule has 1 atom stereocenters. The highest BCUT2D eigenvalue weighted by Crippen LogP contribution is 2.17. The van der Waals surface area contributed by atoms with E-state index < -0.39 is 12.0 Å². The van der Waals surface area contributed by atoms with Crippen LogP contribution >= 0.6 is 0 Å². The van der Waals surface area contributed by atoms with Gasteiger partial charge in [-0.3, -0.25) is 4.79 Å². The van der Waals surface area contributed by atoms with Gasteiger partial charge >= 0.3 is 5.97 Å². The van der Waals surface area contributed by atoms with Gasteiger partial charge in [0.25, 0.3) is 0 Å². The average Bonchev–Trinajstić information content (AvgIpc) is 2.52. The molecule has 1 unspecified atom stereocenters. The van der Waals surface area contributed by atoms with Crippen molar-refractivity contribution in [2.45, 2.75) is 13.0 Å². The lowest BCUT2D eigenvalue weighted by atomic mass is 10.2. The number of nitrogens with zero attached hydrogens (tertiary/aromatic N) is 2. The first kappa shape index (κ1) is 9.67. The van der Waals surface area contributed by atoms with Crippen molar-refractivity contribution in [1.82, 2.24) is 9.38 Å². The predicted molar refractivity (Wildman–Crippen MR) is 54.5 cm³/mol. The molecule has 0 amide bonds. The minimum absolute atomic E-state index is 0.526. The fourth-order valence-electron chi connectivity index (χ4n) is 1.62. The normalized spacial score (nSPS) is 12.9. The molecule has 0 radical (unpaired) electrons. The van der Waals surface area contributed by atoms with Gasteiger partial charge in [0.2, 0.25) is 0 Å². The van der Waals surface area contributed by atoms with Crippen LogP contribution in [0.3, 0.4) is 0 Å². The van der Waals surface area contributed by atoms with E-state index in [1.165, 1.54) is 0 Å². The lowest BCUT2D eigenvalue weighted by Gasteiger charge is -2.07. The number of carboxylic acid groups (broad SMARTS) is 1. The summed E-state index contributed by atoms with van der Waals surface area (Å²) in [7, 11) is 0. The van der Waals surface area contributed by atoms with Gasteiger partial charge < -0.3 is 15.2 Å². The lowest BCUT2D eigenvalue weighted by Crippen LogP contribution is -2.23. The Hall–Kier alpha value is -1.88. The van der Waals surface area contributed by atoms with E-state index in [4.69, 9.17) is 10.8 Å². The van der Waals surface area contributed by atoms with Gasteiger partial charge in [-0.1, -0.05) is 6.07 Å². The second kappa shape index (κ2) is 3.36. The van der Waals surface area contributed by atoms with E-state index in [1.54, 1.807) is 17.5 Å². The first-order valence-corrected chi connectivity index (χ1v) is 4.53. The molecule has 2 aromatic rings. The largest absolute Gasteiger partial charge is 0.480 e. The van der Waals surface area contributed by atoms with E-state index in [-0.39, 0.29) is 0 Å². The summed E-state index contributed by atoms with van der Waals surface area (Å²) in [6, 6.07) is 4.43. The number of hydrogen-bond donors (Lipinski definition) is 2. The Morgan fingerprint density at radius 2 is 2.33 bits per heavy atom. The standard InChI is InChI=1S/C10H11N3O2/c1-6-9(8(11)10(14)15)13-5-3-2-4-7(13)12-6/h2-5,8H,11H2,1H3,(H,14,15). The van der Waals surface area contributed by atoms with E-state index in [1.807, 2.05) is 18.2 Å². The van der Waals surface area contributed by atoms with Crippen LogP contribution in [-0.4, -0.2) is 20.5 Å². The third-order valence-corrected chi connectivity index (χ3v) is 2.31. The molecule has 2 rings (SSSR count). The summed E-state index contributed by atoms with van der Waals surface area (Å²) in [4.78, 5) is 15.1. The second-order valence-electron chi connectivity index (χ2n) is 3.33.